The summed E-state index contributed by atoms with van der Waals surface area (Å²) in [5.41, 5.74) is 0. The zero-order valence-corrected chi connectivity index (χ0v) is 5.56. The molecule has 0 spiro atoms. The second-order valence-corrected chi connectivity index (χ2v) is 0. The monoisotopic (exact) mass is 280 g/mol. The SMILES string of the molecule is C.[Cu].[Fe].[Mn].[Ni].[SiH4]. The van der Waals surface area contributed by atoms with E-state index in [-0.39, 0.29) is 86.1 Å². The van der Waals surface area contributed by atoms with Crippen molar-refractivity contribution < 1.29 is 67.7 Å². The van der Waals surface area contributed by atoms with Gasteiger partial charge in [0, 0.05) is 67.7 Å². The van der Waals surface area contributed by atoms with Crippen molar-refractivity contribution in [3.8, 4) is 0 Å². The van der Waals surface area contributed by atoms with Crippen molar-refractivity contribution in [3.63, 3.8) is 0 Å². The number of hydrogen-bond acceptors (Lipinski definition) is 0. The molecule has 6 heavy (non-hydrogen) atoms. The third-order valence-corrected chi connectivity index (χ3v) is 0. The molecule has 0 saturated carbocycles. The molecule has 0 atom stereocenters. The molecule has 0 nitrogen and oxygen atoms in total. The van der Waals surface area contributed by atoms with E-state index in [1.54, 1.807) is 0 Å². The Morgan fingerprint density at radius 2 is 1.00 bits per heavy atom. The van der Waals surface area contributed by atoms with Crippen LogP contribution in [0.1, 0.15) is 7.43 Å². The van der Waals surface area contributed by atoms with E-state index in [0.717, 1.165) is 0 Å². The molecule has 0 saturated heterocycles. The van der Waals surface area contributed by atoms with Crippen molar-refractivity contribution in [2.24, 2.45) is 0 Å². The van der Waals surface area contributed by atoms with Crippen LogP contribution in [0.3, 0.4) is 0 Å². The van der Waals surface area contributed by atoms with Crippen LogP contribution in [0, 0.1) is 0 Å². The van der Waals surface area contributed by atoms with Crippen LogP contribution in [-0.4, -0.2) is 11.0 Å². The van der Waals surface area contributed by atoms with E-state index in [4.69, 9.17) is 0 Å². The molecular formula is CH8CuFeMnNiSi. The van der Waals surface area contributed by atoms with E-state index >= 15 is 0 Å². The van der Waals surface area contributed by atoms with Crippen molar-refractivity contribution in [3.05, 3.63) is 0 Å². The average Bonchev–Trinajstić information content (AvgIpc) is 0. The quantitative estimate of drug-likeness (QED) is 0.509. The molecular weight excluding hydrogens is 273 g/mol. The first-order valence-electron chi connectivity index (χ1n) is 0. The second-order valence-electron chi connectivity index (χ2n) is 0. The molecule has 5 heteroatoms. The Kier molecular flexibility index (Phi) is 785. The van der Waals surface area contributed by atoms with Gasteiger partial charge in [-0.05, 0) is 11.0 Å². The van der Waals surface area contributed by atoms with Gasteiger partial charge >= 0.3 is 0 Å². The van der Waals surface area contributed by atoms with Gasteiger partial charge < -0.3 is 0 Å². The zero-order chi connectivity index (χ0) is 0. The Hall–Kier alpha value is 2.27. The third-order valence-electron chi connectivity index (χ3n) is 0. The fraction of sp³-hybridized carbons (Fsp3) is 1.00. The van der Waals surface area contributed by atoms with Gasteiger partial charge in [-0.15, -0.1) is 0 Å². The minimum Gasteiger partial charge on any atom is -0.0776 e. The standard InChI is InChI=1S/CH4.Cu.Fe.Mn.Ni.H4Si/h1H4;;;;;1H4. The normalized spacial score (nSPS) is 0. The molecule has 0 aromatic carbocycles. The topological polar surface area (TPSA) is 0 Å². The van der Waals surface area contributed by atoms with Gasteiger partial charge in [-0.3, -0.25) is 0 Å². The van der Waals surface area contributed by atoms with Crippen LogP contribution in [0.4, 0.5) is 0 Å². The van der Waals surface area contributed by atoms with Crippen molar-refractivity contribution in [2.45, 2.75) is 7.43 Å². The van der Waals surface area contributed by atoms with Crippen LogP contribution in [0.15, 0.2) is 0 Å². The van der Waals surface area contributed by atoms with E-state index in [1.807, 2.05) is 0 Å². The Morgan fingerprint density at radius 3 is 1.00 bits per heavy atom. The minimum absolute atomic E-state index is 0. The van der Waals surface area contributed by atoms with Gasteiger partial charge in [-0.25, -0.2) is 0 Å². The molecule has 0 heterocycles. The number of hydrogen-bond donors (Lipinski definition) is 0. The predicted molar refractivity (Wildman–Crippen MR) is 18.1 cm³/mol. The summed E-state index contributed by atoms with van der Waals surface area (Å²) in [6, 6.07) is 0. The third kappa shape index (κ3) is 33.8. The summed E-state index contributed by atoms with van der Waals surface area (Å²) < 4.78 is 0. The maximum absolute atomic E-state index is 0. The first-order chi connectivity index (χ1) is 0. The second kappa shape index (κ2) is 55.5. The van der Waals surface area contributed by atoms with Crippen LogP contribution in [0.5, 0.6) is 0 Å². The van der Waals surface area contributed by atoms with Crippen molar-refractivity contribution >= 4 is 11.0 Å². The minimum atomic E-state index is 0. The van der Waals surface area contributed by atoms with Crippen molar-refractivity contribution in [2.75, 3.05) is 0 Å². The molecule has 52 valence electrons. The van der Waals surface area contributed by atoms with E-state index in [1.165, 1.54) is 0 Å². The van der Waals surface area contributed by atoms with E-state index in [9.17, 15) is 0 Å². The fourth-order valence-corrected chi connectivity index (χ4v) is 0. The molecule has 0 fully saturated rings. The van der Waals surface area contributed by atoms with Crippen LogP contribution in [-0.2, 0) is 67.7 Å². The molecule has 0 aromatic heterocycles. The summed E-state index contributed by atoms with van der Waals surface area (Å²) in [6.07, 6.45) is 0. The van der Waals surface area contributed by atoms with Crippen molar-refractivity contribution in [1.29, 1.82) is 0 Å². The molecule has 0 unspecified atom stereocenters. The smallest absolute Gasteiger partial charge is 0 e. The molecule has 0 bridgehead atoms. The Labute approximate surface area is 85.3 Å². The van der Waals surface area contributed by atoms with E-state index in [0.29, 0.717) is 0 Å². The average molecular weight is 281 g/mol. The van der Waals surface area contributed by atoms with E-state index in [2.05, 4.69) is 0 Å². The maximum Gasteiger partial charge on any atom is 0 e. The van der Waals surface area contributed by atoms with Gasteiger partial charge in [0.15, 0.2) is 0 Å². The Balaban J connectivity index is 0. The van der Waals surface area contributed by atoms with Crippen LogP contribution in [0.25, 0.3) is 0 Å². The summed E-state index contributed by atoms with van der Waals surface area (Å²) in [4.78, 5) is 0. The van der Waals surface area contributed by atoms with Gasteiger partial charge in [0.2, 0.25) is 0 Å². The summed E-state index contributed by atoms with van der Waals surface area (Å²) in [5, 5.41) is 0. The number of rotatable bonds is 0. The predicted octanol–water partition coefficient (Wildman–Crippen LogP) is -0.826. The van der Waals surface area contributed by atoms with Crippen molar-refractivity contribution in [1.82, 2.24) is 0 Å². The molecule has 2 radical (unpaired) electrons. The largest absolute Gasteiger partial charge is 0.0776 e. The summed E-state index contributed by atoms with van der Waals surface area (Å²) in [6.45, 7) is 0. The van der Waals surface area contributed by atoms with Crippen LogP contribution < -0.4 is 0 Å². The molecule has 0 aromatic rings. The first kappa shape index (κ1) is 84.9. The van der Waals surface area contributed by atoms with E-state index < -0.39 is 0 Å². The van der Waals surface area contributed by atoms with Gasteiger partial charge in [0.25, 0.3) is 0 Å². The van der Waals surface area contributed by atoms with Gasteiger partial charge in [-0.2, -0.15) is 0 Å². The molecule has 0 N–H and O–H groups in total. The van der Waals surface area contributed by atoms with Gasteiger partial charge in [0.05, 0.1) is 0 Å². The van der Waals surface area contributed by atoms with Crippen LogP contribution in [0.2, 0.25) is 0 Å². The van der Waals surface area contributed by atoms with Gasteiger partial charge in [-0.1, -0.05) is 7.43 Å². The summed E-state index contributed by atoms with van der Waals surface area (Å²) >= 11 is 0. The molecule has 0 amide bonds. The Morgan fingerprint density at radius 1 is 1.00 bits per heavy atom. The fourth-order valence-electron chi connectivity index (χ4n) is 0. The summed E-state index contributed by atoms with van der Waals surface area (Å²) in [7, 11) is 0. The molecule has 0 aliphatic heterocycles. The van der Waals surface area contributed by atoms with Gasteiger partial charge in [0.1, 0.15) is 0 Å². The summed E-state index contributed by atoms with van der Waals surface area (Å²) in [5.74, 6) is 0. The molecule has 0 rings (SSSR count). The molecule has 0 aliphatic rings. The maximum atomic E-state index is 0. The Bertz CT molecular complexity index is 15.5. The first-order valence-corrected chi connectivity index (χ1v) is 0. The zero-order valence-electron chi connectivity index (χ0n) is 1.35. The van der Waals surface area contributed by atoms with Crippen LogP contribution >= 0.6 is 0 Å². The molecule has 0 aliphatic carbocycles.